The Morgan fingerprint density at radius 3 is 2.52 bits per heavy atom. The molecule has 5 nitrogen and oxygen atoms in total. The summed E-state index contributed by atoms with van der Waals surface area (Å²) in [5, 5.41) is 18.7. The van der Waals surface area contributed by atoms with E-state index in [0.717, 1.165) is 0 Å². The van der Waals surface area contributed by atoms with Crippen LogP contribution in [0.2, 0.25) is 0 Å². The van der Waals surface area contributed by atoms with Crippen molar-refractivity contribution in [1.82, 2.24) is 4.98 Å². The summed E-state index contributed by atoms with van der Waals surface area (Å²) in [5.41, 5.74) is 0.532. The van der Waals surface area contributed by atoms with Crippen molar-refractivity contribution in [3.8, 4) is 6.07 Å². The van der Waals surface area contributed by atoms with Gasteiger partial charge in [0.05, 0.1) is 29.1 Å². The maximum Gasteiger partial charge on any atom is 0.492 e. The molecule has 21 heavy (non-hydrogen) atoms. The summed E-state index contributed by atoms with van der Waals surface area (Å²) in [6.07, 6.45) is 3.26. The van der Waals surface area contributed by atoms with Gasteiger partial charge in [-0.2, -0.15) is 5.26 Å². The molecule has 0 amide bonds. The lowest BCUT2D eigenvalue weighted by atomic mass is 9.78. The Labute approximate surface area is 125 Å². The number of aliphatic hydroxyl groups is 1. The van der Waals surface area contributed by atoms with Gasteiger partial charge in [0.15, 0.2) is 0 Å². The molecule has 0 atom stereocenters. The van der Waals surface area contributed by atoms with Crippen LogP contribution in [0.15, 0.2) is 23.8 Å². The van der Waals surface area contributed by atoms with E-state index in [0.29, 0.717) is 16.7 Å². The van der Waals surface area contributed by atoms with Crippen LogP contribution in [0.3, 0.4) is 0 Å². The third kappa shape index (κ3) is 3.00. The summed E-state index contributed by atoms with van der Waals surface area (Å²) in [6, 6.07) is 5.45. The summed E-state index contributed by atoms with van der Waals surface area (Å²) in [7, 11) is -0.645. The van der Waals surface area contributed by atoms with Gasteiger partial charge in [0, 0.05) is 6.20 Å². The van der Waals surface area contributed by atoms with E-state index in [4.69, 9.17) is 14.6 Å². The van der Waals surface area contributed by atoms with E-state index in [-0.39, 0.29) is 6.61 Å². The standard InChI is InChI=1S/C15H19BN2O3/c1-14(2)15(3,4)21-16(20-14)12(10-19)8-13-11(9-17)6-5-7-18-13/h5-8,19H,10H2,1-4H3. The Balaban J connectivity index is 2.34. The second kappa shape index (κ2) is 5.61. The highest BCUT2D eigenvalue weighted by molar-refractivity contribution is 6.55. The molecule has 1 saturated heterocycles. The molecule has 2 rings (SSSR count). The molecule has 0 spiro atoms. The molecule has 0 aromatic carbocycles. The van der Waals surface area contributed by atoms with Crippen molar-refractivity contribution in [3.63, 3.8) is 0 Å². The van der Waals surface area contributed by atoms with E-state index < -0.39 is 18.3 Å². The summed E-state index contributed by atoms with van der Waals surface area (Å²) in [4.78, 5) is 4.16. The Morgan fingerprint density at radius 1 is 1.38 bits per heavy atom. The van der Waals surface area contributed by atoms with Crippen LogP contribution in [0.4, 0.5) is 0 Å². The molecule has 1 aliphatic heterocycles. The predicted octanol–water partition coefficient (Wildman–Crippen LogP) is 1.96. The summed E-state index contributed by atoms with van der Waals surface area (Å²) < 4.78 is 11.8. The Morgan fingerprint density at radius 2 is 2.00 bits per heavy atom. The van der Waals surface area contributed by atoms with Gasteiger partial charge in [0.25, 0.3) is 0 Å². The third-order valence-electron chi connectivity index (χ3n) is 4.02. The minimum Gasteiger partial charge on any atom is -0.400 e. The number of hydrogen-bond acceptors (Lipinski definition) is 5. The van der Waals surface area contributed by atoms with E-state index in [1.807, 2.05) is 27.7 Å². The molecule has 1 aromatic heterocycles. The quantitative estimate of drug-likeness (QED) is 0.860. The number of hydrogen-bond donors (Lipinski definition) is 1. The molecular formula is C15H19BN2O3. The average Bonchev–Trinajstić information content (AvgIpc) is 2.65. The van der Waals surface area contributed by atoms with Gasteiger partial charge in [-0.15, -0.1) is 0 Å². The third-order valence-corrected chi connectivity index (χ3v) is 4.02. The molecule has 0 bridgehead atoms. The minimum absolute atomic E-state index is 0.224. The number of pyridine rings is 1. The molecule has 2 heterocycles. The molecule has 0 saturated carbocycles. The van der Waals surface area contributed by atoms with Crippen LogP contribution in [0.1, 0.15) is 39.0 Å². The van der Waals surface area contributed by atoms with Crippen LogP contribution in [0, 0.1) is 11.3 Å². The fraction of sp³-hybridized carbons (Fsp3) is 0.467. The SMILES string of the molecule is CC1(C)OB(C(=Cc2ncccc2C#N)CO)OC1(C)C. The van der Waals surface area contributed by atoms with Gasteiger partial charge in [0.1, 0.15) is 6.07 Å². The number of nitriles is 1. The van der Waals surface area contributed by atoms with Gasteiger partial charge < -0.3 is 14.4 Å². The van der Waals surface area contributed by atoms with E-state index in [2.05, 4.69) is 11.1 Å². The van der Waals surface area contributed by atoms with Crippen molar-refractivity contribution in [2.24, 2.45) is 0 Å². The van der Waals surface area contributed by atoms with Crippen molar-refractivity contribution >= 4 is 13.2 Å². The topological polar surface area (TPSA) is 75.4 Å². The molecule has 0 unspecified atom stereocenters. The molecule has 1 N–H and O–H groups in total. The van der Waals surface area contributed by atoms with Crippen molar-refractivity contribution in [2.45, 2.75) is 38.9 Å². The number of rotatable bonds is 3. The molecule has 1 fully saturated rings. The second-order valence-corrected chi connectivity index (χ2v) is 6.01. The first-order valence-electron chi connectivity index (χ1n) is 6.83. The second-order valence-electron chi connectivity index (χ2n) is 6.01. The van der Waals surface area contributed by atoms with Crippen LogP contribution in [-0.2, 0) is 9.31 Å². The van der Waals surface area contributed by atoms with Gasteiger partial charge >= 0.3 is 7.12 Å². The lowest BCUT2D eigenvalue weighted by molar-refractivity contribution is 0.00578. The monoisotopic (exact) mass is 286 g/mol. The molecule has 1 aromatic rings. The largest absolute Gasteiger partial charge is 0.492 e. The fourth-order valence-corrected chi connectivity index (χ4v) is 1.99. The molecular weight excluding hydrogens is 267 g/mol. The molecule has 0 radical (unpaired) electrons. The predicted molar refractivity (Wildman–Crippen MR) is 80.1 cm³/mol. The van der Waals surface area contributed by atoms with Crippen LogP contribution < -0.4 is 0 Å². The highest BCUT2D eigenvalue weighted by Gasteiger charge is 2.52. The highest BCUT2D eigenvalue weighted by atomic mass is 16.7. The molecule has 0 aliphatic carbocycles. The zero-order chi connectivity index (χ0) is 15.7. The van der Waals surface area contributed by atoms with Gasteiger partial charge in [-0.25, -0.2) is 0 Å². The zero-order valence-electron chi connectivity index (χ0n) is 12.8. The van der Waals surface area contributed by atoms with Crippen LogP contribution in [0.25, 0.3) is 6.08 Å². The van der Waals surface area contributed by atoms with E-state index in [9.17, 15) is 5.11 Å². The minimum atomic E-state index is -0.645. The molecule has 1 aliphatic rings. The smallest absolute Gasteiger partial charge is 0.400 e. The first-order valence-corrected chi connectivity index (χ1v) is 6.83. The average molecular weight is 286 g/mol. The lowest BCUT2D eigenvalue weighted by Gasteiger charge is -2.32. The first kappa shape index (κ1) is 15.7. The van der Waals surface area contributed by atoms with Crippen LogP contribution in [-0.4, -0.2) is 35.0 Å². The summed E-state index contributed by atoms with van der Waals surface area (Å²) in [5.74, 6) is 0. The normalized spacial score (nSPS) is 20.4. The zero-order valence-corrected chi connectivity index (χ0v) is 12.8. The Kier molecular flexibility index (Phi) is 4.19. The number of aliphatic hydroxyl groups excluding tert-OH is 1. The van der Waals surface area contributed by atoms with E-state index >= 15 is 0 Å². The van der Waals surface area contributed by atoms with Gasteiger partial charge in [-0.1, -0.05) is 0 Å². The highest BCUT2D eigenvalue weighted by Crippen LogP contribution is 2.38. The van der Waals surface area contributed by atoms with Crippen molar-refractivity contribution < 1.29 is 14.4 Å². The maximum atomic E-state index is 9.61. The van der Waals surface area contributed by atoms with Gasteiger partial charge in [-0.3, -0.25) is 4.98 Å². The first-order chi connectivity index (χ1) is 9.80. The van der Waals surface area contributed by atoms with Crippen molar-refractivity contribution in [1.29, 1.82) is 5.26 Å². The fourth-order valence-electron chi connectivity index (χ4n) is 1.99. The Bertz CT molecular complexity index is 589. The summed E-state index contributed by atoms with van der Waals surface area (Å²) >= 11 is 0. The Hall–Kier alpha value is -1.68. The van der Waals surface area contributed by atoms with Crippen molar-refractivity contribution in [2.75, 3.05) is 6.61 Å². The summed E-state index contributed by atoms with van der Waals surface area (Å²) in [6.45, 7) is 7.57. The van der Waals surface area contributed by atoms with Crippen molar-refractivity contribution in [3.05, 3.63) is 35.1 Å². The van der Waals surface area contributed by atoms with E-state index in [1.165, 1.54) is 0 Å². The van der Waals surface area contributed by atoms with Crippen LogP contribution in [0.5, 0.6) is 0 Å². The number of nitrogens with zero attached hydrogens (tertiary/aromatic N) is 2. The van der Waals surface area contributed by atoms with Gasteiger partial charge in [-0.05, 0) is 51.4 Å². The molecule has 110 valence electrons. The van der Waals surface area contributed by atoms with Crippen LogP contribution >= 0.6 is 0 Å². The lowest BCUT2D eigenvalue weighted by Crippen LogP contribution is -2.41. The van der Waals surface area contributed by atoms with E-state index in [1.54, 1.807) is 24.4 Å². The molecule has 6 heteroatoms. The maximum absolute atomic E-state index is 9.61. The van der Waals surface area contributed by atoms with Gasteiger partial charge in [0.2, 0.25) is 0 Å². The number of aromatic nitrogens is 1.